The normalized spacial score (nSPS) is 10.7. The molecular weight excluding hydrogens is 356 g/mol. The van der Waals surface area contributed by atoms with Gasteiger partial charge < -0.3 is 5.32 Å². The molecule has 1 N–H and O–H groups in total. The highest BCUT2D eigenvalue weighted by Crippen LogP contribution is 2.22. The molecule has 1 heterocycles. The number of amides is 1. The number of nitrogens with zero attached hydrogens (tertiary/aromatic N) is 1. The van der Waals surface area contributed by atoms with Gasteiger partial charge in [-0.3, -0.25) is 14.9 Å². The van der Waals surface area contributed by atoms with Crippen molar-refractivity contribution >= 4 is 44.9 Å². The summed E-state index contributed by atoms with van der Waals surface area (Å²) in [7, 11) is 0. The van der Waals surface area contributed by atoms with E-state index in [2.05, 4.69) is 21.2 Å². The number of nitrogens with one attached hydrogen (secondary N) is 1. The summed E-state index contributed by atoms with van der Waals surface area (Å²) >= 11 is 4.94. The molecular formula is C14H11BrN2O3S. The number of nitro benzene ring substituents is 1. The Kier molecular flexibility index (Phi) is 5.24. The van der Waals surface area contributed by atoms with E-state index in [9.17, 15) is 14.9 Å². The summed E-state index contributed by atoms with van der Waals surface area (Å²) in [4.78, 5) is 22.9. The summed E-state index contributed by atoms with van der Waals surface area (Å²) in [6.45, 7) is 0.441. The maximum atomic E-state index is 11.7. The molecule has 0 bridgehead atoms. The Morgan fingerprint density at radius 1 is 1.43 bits per heavy atom. The molecule has 7 heteroatoms. The number of rotatable bonds is 5. The average Bonchev–Trinajstić information content (AvgIpc) is 2.88. The average molecular weight is 367 g/mol. The molecule has 0 aliphatic heterocycles. The highest BCUT2D eigenvalue weighted by Gasteiger charge is 2.05. The monoisotopic (exact) mass is 366 g/mol. The standard InChI is InChI=1S/C14H11BrN2O3S/c15-12-6-7-21-13(12)9-16-14(18)5-4-10-2-1-3-11(8-10)17(19)20/h1-8H,9H2,(H,16,18)/b5-4+. The van der Waals surface area contributed by atoms with Gasteiger partial charge in [-0.25, -0.2) is 0 Å². The fourth-order valence-electron chi connectivity index (χ4n) is 1.59. The van der Waals surface area contributed by atoms with Gasteiger partial charge >= 0.3 is 0 Å². The Bertz CT molecular complexity index is 697. The summed E-state index contributed by atoms with van der Waals surface area (Å²) in [5.41, 5.74) is 0.608. The lowest BCUT2D eigenvalue weighted by Gasteiger charge is -2.00. The first-order valence-electron chi connectivity index (χ1n) is 5.98. The molecule has 1 aromatic heterocycles. The highest BCUT2D eigenvalue weighted by molar-refractivity contribution is 9.10. The second-order valence-corrected chi connectivity index (χ2v) is 5.95. The Labute approximate surface area is 133 Å². The van der Waals surface area contributed by atoms with Crippen molar-refractivity contribution in [2.75, 3.05) is 0 Å². The number of thiophene rings is 1. The first-order valence-corrected chi connectivity index (χ1v) is 7.66. The molecule has 0 atom stereocenters. The number of hydrogen-bond donors (Lipinski definition) is 1. The second kappa shape index (κ2) is 7.14. The van der Waals surface area contributed by atoms with E-state index in [1.165, 1.54) is 18.2 Å². The SMILES string of the molecule is O=C(/C=C/c1cccc([N+](=O)[O-])c1)NCc1sccc1Br. The Morgan fingerprint density at radius 2 is 2.24 bits per heavy atom. The van der Waals surface area contributed by atoms with Crippen LogP contribution in [-0.4, -0.2) is 10.8 Å². The first-order chi connectivity index (χ1) is 10.1. The van der Waals surface area contributed by atoms with Crippen molar-refractivity contribution in [3.05, 3.63) is 66.8 Å². The molecule has 0 radical (unpaired) electrons. The predicted molar refractivity (Wildman–Crippen MR) is 86.0 cm³/mol. The van der Waals surface area contributed by atoms with Gasteiger partial charge in [0.25, 0.3) is 5.69 Å². The summed E-state index contributed by atoms with van der Waals surface area (Å²) in [5.74, 6) is -0.248. The maximum absolute atomic E-state index is 11.7. The molecule has 0 fully saturated rings. The van der Waals surface area contributed by atoms with Crippen molar-refractivity contribution < 1.29 is 9.72 Å². The van der Waals surface area contributed by atoms with Crippen LogP contribution in [0.2, 0.25) is 0 Å². The molecule has 0 saturated heterocycles. The number of carbonyl (C=O) groups excluding carboxylic acids is 1. The lowest BCUT2D eigenvalue weighted by Crippen LogP contribution is -2.19. The fourth-order valence-corrected chi connectivity index (χ4v) is 3.02. The summed E-state index contributed by atoms with van der Waals surface area (Å²) in [6, 6.07) is 8.03. The number of carbonyl (C=O) groups is 1. The van der Waals surface area contributed by atoms with Gasteiger partial charge in [0, 0.05) is 27.6 Å². The second-order valence-electron chi connectivity index (χ2n) is 4.09. The summed E-state index contributed by atoms with van der Waals surface area (Å²) in [5, 5.41) is 15.3. The Morgan fingerprint density at radius 3 is 2.90 bits per heavy atom. The number of hydrogen-bond acceptors (Lipinski definition) is 4. The smallest absolute Gasteiger partial charge is 0.270 e. The molecule has 21 heavy (non-hydrogen) atoms. The van der Waals surface area contributed by atoms with E-state index in [0.717, 1.165) is 9.35 Å². The van der Waals surface area contributed by atoms with Gasteiger partial charge in [-0.1, -0.05) is 12.1 Å². The van der Waals surface area contributed by atoms with Gasteiger partial charge in [-0.05, 0) is 39.0 Å². The zero-order valence-electron chi connectivity index (χ0n) is 10.8. The van der Waals surface area contributed by atoms with Crippen molar-refractivity contribution in [3.8, 4) is 0 Å². The minimum Gasteiger partial charge on any atom is -0.348 e. The van der Waals surface area contributed by atoms with Gasteiger partial charge in [0.2, 0.25) is 5.91 Å². The van der Waals surface area contributed by atoms with Gasteiger partial charge in [0.15, 0.2) is 0 Å². The minimum atomic E-state index is -0.467. The van der Waals surface area contributed by atoms with Gasteiger partial charge in [-0.2, -0.15) is 0 Å². The molecule has 1 aromatic carbocycles. The van der Waals surface area contributed by atoms with Crippen LogP contribution in [-0.2, 0) is 11.3 Å². The zero-order chi connectivity index (χ0) is 15.2. The van der Waals surface area contributed by atoms with E-state index < -0.39 is 4.92 Å². The highest BCUT2D eigenvalue weighted by atomic mass is 79.9. The number of benzene rings is 1. The molecule has 2 aromatic rings. The third kappa shape index (κ3) is 4.51. The Hall–Kier alpha value is -1.99. The van der Waals surface area contributed by atoms with Gasteiger partial charge in [0.05, 0.1) is 11.5 Å². The van der Waals surface area contributed by atoms with Crippen LogP contribution in [0.25, 0.3) is 6.08 Å². The van der Waals surface area contributed by atoms with Crippen LogP contribution in [0.5, 0.6) is 0 Å². The van der Waals surface area contributed by atoms with Crippen LogP contribution < -0.4 is 5.32 Å². The summed E-state index contributed by atoms with van der Waals surface area (Å²) < 4.78 is 0.968. The van der Waals surface area contributed by atoms with Crippen LogP contribution in [0.15, 0.2) is 46.3 Å². The van der Waals surface area contributed by atoms with Crippen molar-refractivity contribution in [2.24, 2.45) is 0 Å². The van der Waals surface area contributed by atoms with E-state index in [-0.39, 0.29) is 11.6 Å². The zero-order valence-corrected chi connectivity index (χ0v) is 13.2. The number of non-ortho nitro benzene ring substituents is 1. The van der Waals surface area contributed by atoms with E-state index in [1.807, 2.05) is 11.4 Å². The fraction of sp³-hybridized carbons (Fsp3) is 0.0714. The topological polar surface area (TPSA) is 72.2 Å². The number of nitro groups is 1. The molecule has 0 spiro atoms. The van der Waals surface area contributed by atoms with Gasteiger partial charge in [-0.15, -0.1) is 11.3 Å². The molecule has 108 valence electrons. The van der Waals surface area contributed by atoms with E-state index in [4.69, 9.17) is 0 Å². The minimum absolute atomic E-state index is 0.0000688. The van der Waals surface area contributed by atoms with Crippen LogP contribution in [0.3, 0.4) is 0 Å². The third-order valence-corrected chi connectivity index (χ3v) is 4.55. The molecule has 0 unspecified atom stereocenters. The van der Waals surface area contributed by atoms with Crippen LogP contribution in [0.4, 0.5) is 5.69 Å². The number of halogens is 1. The third-order valence-electron chi connectivity index (χ3n) is 2.62. The maximum Gasteiger partial charge on any atom is 0.270 e. The lowest BCUT2D eigenvalue weighted by atomic mass is 10.2. The van der Waals surface area contributed by atoms with Crippen molar-refractivity contribution in [1.82, 2.24) is 5.32 Å². The van der Waals surface area contributed by atoms with Crippen molar-refractivity contribution in [2.45, 2.75) is 6.54 Å². The predicted octanol–water partition coefficient (Wildman–Crippen LogP) is 3.75. The van der Waals surface area contributed by atoms with Crippen LogP contribution in [0.1, 0.15) is 10.4 Å². The Balaban J connectivity index is 1.94. The van der Waals surface area contributed by atoms with E-state index in [1.54, 1.807) is 29.5 Å². The van der Waals surface area contributed by atoms with Crippen molar-refractivity contribution in [3.63, 3.8) is 0 Å². The molecule has 5 nitrogen and oxygen atoms in total. The van der Waals surface area contributed by atoms with Crippen LogP contribution >= 0.6 is 27.3 Å². The molecule has 1 amide bonds. The van der Waals surface area contributed by atoms with E-state index in [0.29, 0.717) is 12.1 Å². The van der Waals surface area contributed by atoms with E-state index >= 15 is 0 Å². The largest absolute Gasteiger partial charge is 0.348 e. The molecule has 2 rings (SSSR count). The summed E-state index contributed by atoms with van der Waals surface area (Å²) in [6.07, 6.45) is 2.91. The quantitative estimate of drug-likeness (QED) is 0.497. The molecule has 0 aliphatic rings. The molecule has 0 aliphatic carbocycles. The van der Waals surface area contributed by atoms with Crippen LogP contribution in [0, 0.1) is 10.1 Å². The first kappa shape index (κ1) is 15.4. The van der Waals surface area contributed by atoms with Crippen molar-refractivity contribution in [1.29, 1.82) is 0 Å². The lowest BCUT2D eigenvalue weighted by molar-refractivity contribution is -0.384. The molecule has 0 saturated carbocycles. The van der Waals surface area contributed by atoms with Gasteiger partial charge in [0.1, 0.15) is 0 Å².